The molecule has 2 heteroatoms. The minimum Gasteiger partial charge on any atom is -0.313 e. The van der Waals surface area contributed by atoms with Crippen LogP contribution in [-0.4, -0.2) is 19.0 Å². The van der Waals surface area contributed by atoms with Crippen molar-refractivity contribution >= 4 is 11.6 Å². The second-order valence-corrected chi connectivity index (χ2v) is 4.53. The van der Waals surface area contributed by atoms with Gasteiger partial charge in [0.25, 0.3) is 0 Å². The van der Waals surface area contributed by atoms with E-state index in [0.29, 0.717) is 5.41 Å². The van der Waals surface area contributed by atoms with Crippen LogP contribution in [0.5, 0.6) is 0 Å². The zero-order valence-electron chi connectivity index (χ0n) is 9.07. The van der Waals surface area contributed by atoms with E-state index < -0.39 is 0 Å². The van der Waals surface area contributed by atoms with Gasteiger partial charge in [0.15, 0.2) is 0 Å². The number of rotatable bonds is 7. The Morgan fingerprint density at radius 3 is 2.62 bits per heavy atom. The Hall–Kier alpha value is -0.0100. The Bertz CT molecular complexity index is 141. The molecular weight excluding hydrogens is 182 g/mol. The smallest absolute Gasteiger partial charge is 0.0223 e. The first-order valence-electron chi connectivity index (χ1n) is 5.00. The van der Waals surface area contributed by atoms with Crippen LogP contribution in [0, 0.1) is 5.41 Å². The van der Waals surface area contributed by atoms with Gasteiger partial charge in [-0.15, -0.1) is 11.6 Å². The Morgan fingerprint density at radius 2 is 2.08 bits per heavy atom. The van der Waals surface area contributed by atoms with Gasteiger partial charge in [0.2, 0.25) is 0 Å². The molecule has 13 heavy (non-hydrogen) atoms. The van der Waals surface area contributed by atoms with Crippen molar-refractivity contribution in [1.29, 1.82) is 0 Å². The molecule has 0 fully saturated rings. The summed E-state index contributed by atoms with van der Waals surface area (Å²) in [5.41, 5.74) is 0.371. The molecule has 78 valence electrons. The van der Waals surface area contributed by atoms with Crippen LogP contribution in [0.15, 0.2) is 12.2 Å². The van der Waals surface area contributed by atoms with Crippen molar-refractivity contribution in [3.63, 3.8) is 0 Å². The summed E-state index contributed by atoms with van der Waals surface area (Å²) in [4.78, 5) is 0. The summed E-state index contributed by atoms with van der Waals surface area (Å²) in [5, 5.41) is 3.41. The maximum atomic E-state index is 5.66. The van der Waals surface area contributed by atoms with Crippen LogP contribution in [0.1, 0.15) is 33.6 Å². The number of halogens is 1. The molecule has 0 saturated carbocycles. The molecular formula is C11H22ClN. The van der Waals surface area contributed by atoms with E-state index in [2.05, 4.69) is 31.3 Å². The highest BCUT2D eigenvalue weighted by atomic mass is 35.5. The molecule has 0 aromatic rings. The molecule has 0 aliphatic heterocycles. The van der Waals surface area contributed by atoms with Crippen molar-refractivity contribution in [2.24, 2.45) is 5.41 Å². The SMILES string of the molecule is C/C=C/CNCC(C)(C)CCCCl. The van der Waals surface area contributed by atoms with Crippen LogP contribution >= 0.6 is 11.6 Å². The molecule has 0 aromatic carbocycles. The lowest BCUT2D eigenvalue weighted by atomic mass is 9.88. The maximum Gasteiger partial charge on any atom is 0.0223 e. The van der Waals surface area contributed by atoms with E-state index in [1.54, 1.807) is 0 Å². The number of alkyl halides is 1. The van der Waals surface area contributed by atoms with Gasteiger partial charge in [-0.05, 0) is 25.2 Å². The highest BCUT2D eigenvalue weighted by Crippen LogP contribution is 2.21. The zero-order valence-corrected chi connectivity index (χ0v) is 9.82. The van der Waals surface area contributed by atoms with Crippen molar-refractivity contribution in [3.05, 3.63) is 12.2 Å². The normalized spacial score (nSPS) is 12.6. The third-order valence-electron chi connectivity index (χ3n) is 2.09. The van der Waals surface area contributed by atoms with Gasteiger partial charge in [0.05, 0.1) is 0 Å². The van der Waals surface area contributed by atoms with Crippen LogP contribution < -0.4 is 5.32 Å². The van der Waals surface area contributed by atoms with Crippen LogP contribution in [0.2, 0.25) is 0 Å². The summed E-state index contributed by atoms with van der Waals surface area (Å²) >= 11 is 5.66. The summed E-state index contributed by atoms with van der Waals surface area (Å²) in [6.07, 6.45) is 6.51. The number of allylic oxidation sites excluding steroid dienone is 1. The maximum absolute atomic E-state index is 5.66. The molecule has 0 heterocycles. The zero-order chi connectivity index (χ0) is 10.2. The van der Waals surface area contributed by atoms with Crippen LogP contribution in [0.25, 0.3) is 0 Å². The lowest BCUT2D eigenvalue weighted by Crippen LogP contribution is -2.29. The molecule has 0 rings (SSSR count). The molecule has 0 saturated heterocycles. The predicted octanol–water partition coefficient (Wildman–Crippen LogP) is 3.20. The minimum atomic E-state index is 0.371. The van der Waals surface area contributed by atoms with Gasteiger partial charge < -0.3 is 5.32 Å². The van der Waals surface area contributed by atoms with E-state index in [0.717, 1.165) is 25.4 Å². The fraction of sp³-hybridized carbons (Fsp3) is 0.818. The lowest BCUT2D eigenvalue weighted by Gasteiger charge is -2.24. The number of hydrogen-bond donors (Lipinski definition) is 1. The Morgan fingerprint density at radius 1 is 1.38 bits per heavy atom. The lowest BCUT2D eigenvalue weighted by molar-refractivity contribution is 0.317. The summed E-state index contributed by atoms with van der Waals surface area (Å²) in [6, 6.07) is 0. The summed E-state index contributed by atoms with van der Waals surface area (Å²) < 4.78 is 0. The van der Waals surface area contributed by atoms with E-state index in [9.17, 15) is 0 Å². The second-order valence-electron chi connectivity index (χ2n) is 4.16. The summed E-state index contributed by atoms with van der Waals surface area (Å²) in [7, 11) is 0. The topological polar surface area (TPSA) is 12.0 Å². The standard InChI is InChI=1S/C11H22ClN/c1-4-5-9-13-10-11(2,3)7-6-8-12/h4-5,13H,6-10H2,1-3H3/b5-4+. The fourth-order valence-electron chi connectivity index (χ4n) is 1.25. The Labute approximate surface area is 87.6 Å². The van der Waals surface area contributed by atoms with Gasteiger partial charge in [-0.2, -0.15) is 0 Å². The van der Waals surface area contributed by atoms with Gasteiger partial charge >= 0.3 is 0 Å². The first kappa shape index (κ1) is 13.0. The molecule has 0 atom stereocenters. The van der Waals surface area contributed by atoms with Gasteiger partial charge in [-0.3, -0.25) is 0 Å². The summed E-state index contributed by atoms with van der Waals surface area (Å²) in [6.45, 7) is 8.64. The first-order valence-corrected chi connectivity index (χ1v) is 5.53. The second kappa shape index (κ2) is 7.40. The average molecular weight is 204 g/mol. The van der Waals surface area contributed by atoms with Crippen molar-refractivity contribution in [2.75, 3.05) is 19.0 Å². The molecule has 0 amide bonds. The Kier molecular flexibility index (Phi) is 7.39. The predicted molar refractivity (Wildman–Crippen MR) is 61.4 cm³/mol. The molecule has 1 nitrogen and oxygen atoms in total. The van der Waals surface area contributed by atoms with Gasteiger partial charge in [-0.1, -0.05) is 26.0 Å². The first-order chi connectivity index (χ1) is 6.12. The Balaban J connectivity index is 3.49. The van der Waals surface area contributed by atoms with E-state index in [-0.39, 0.29) is 0 Å². The monoisotopic (exact) mass is 203 g/mol. The molecule has 0 aliphatic carbocycles. The van der Waals surface area contributed by atoms with Crippen LogP contribution in [0.4, 0.5) is 0 Å². The highest BCUT2D eigenvalue weighted by Gasteiger charge is 2.15. The minimum absolute atomic E-state index is 0.371. The highest BCUT2D eigenvalue weighted by molar-refractivity contribution is 6.17. The molecule has 0 aliphatic rings. The summed E-state index contributed by atoms with van der Waals surface area (Å²) in [5.74, 6) is 0.776. The van der Waals surface area contributed by atoms with Crippen molar-refractivity contribution in [2.45, 2.75) is 33.6 Å². The molecule has 0 radical (unpaired) electrons. The van der Waals surface area contributed by atoms with E-state index in [1.807, 2.05) is 6.92 Å². The van der Waals surface area contributed by atoms with Crippen molar-refractivity contribution in [1.82, 2.24) is 5.32 Å². The fourth-order valence-corrected chi connectivity index (χ4v) is 1.38. The molecule has 0 aromatic heterocycles. The molecule has 0 spiro atoms. The van der Waals surface area contributed by atoms with Crippen molar-refractivity contribution < 1.29 is 0 Å². The largest absolute Gasteiger partial charge is 0.313 e. The molecule has 0 bridgehead atoms. The number of hydrogen-bond acceptors (Lipinski definition) is 1. The molecule has 0 unspecified atom stereocenters. The van der Waals surface area contributed by atoms with E-state index >= 15 is 0 Å². The van der Waals surface area contributed by atoms with Crippen LogP contribution in [-0.2, 0) is 0 Å². The van der Waals surface area contributed by atoms with Crippen molar-refractivity contribution in [3.8, 4) is 0 Å². The van der Waals surface area contributed by atoms with E-state index in [4.69, 9.17) is 11.6 Å². The van der Waals surface area contributed by atoms with Gasteiger partial charge in [0, 0.05) is 19.0 Å². The third-order valence-corrected chi connectivity index (χ3v) is 2.36. The average Bonchev–Trinajstić information content (AvgIpc) is 2.09. The van der Waals surface area contributed by atoms with Gasteiger partial charge in [-0.25, -0.2) is 0 Å². The quantitative estimate of drug-likeness (QED) is 0.381. The van der Waals surface area contributed by atoms with Crippen LogP contribution in [0.3, 0.4) is 0 Å². The third kappa shape index (κ3) is 8.32. The molecule has 1 N–H and O–H groups in total. The van der Waals surface area contributed by atoms with Gasteiger partial charge in [0.1, 0.15) is 0 Å². The van der Waals surface area contributed by atoms with E-state index in [1.165, 1.54) is 6.42 Å². The number of nitrogens with one attached hydrogen (secondary N) is 1.